The minimum atomic E-state index is -0.785. The molecule has 1 unspecified atom stereocenters. The van der Waals surface area contributed by atoms with E-state index in [2.05, 4.69) is 5.32 Å². The quantitative estimate of drug-likeness (QED) is 0.808. The number of hydrogen-bond acceptors (Lipinski definition) is 3. The summed E-state index contributed by atoms with van der Waals surface area (Å²) < 4.78 is 18.5. The van der Waals surface area contributed by atoms with Gasteiger partial charge in [0.05, 0.1) is 6.10 Å². The summed E-state index contributed by atoms with van der Waals surface area (Å²) in [4.78, 5) is 11.7. The van der Waals surface area contributed by atoms with Crippen molar-refractivity contribution in [3.8, 4) is 5.75 Å². The number of aliphatic hydroxyl groups excluding tert-OH is 1. The van der Waals surface area contributed by atoms with Gasteiger partial charge in [-0.2, -0.15) is 0 Å². The Hall–Kier alpha value is -1.62. The molecule has 0 saturated heterocycles. The number of nitrogens with one attached hydrogen (secondary N) is 1. The topological polar surface area (TPSA) is 58.6 Å². The zero-order chi connectivity index (χ0) is 15.1. The second-order valence-corrected chi connectivity index (χ2v) is 4.73. The fourth-order valence-electron chi connectivity index (χ4n) is 1.88. The van der Waals surface area contributed by atoms with E-state index in [0.29, 0.717) is 5.56 Å². The van der Waals surface area contributed by atoms with E-state index in [0.717, 1.165) is 12.8 Å². The van der Waals surface area contributed by atoms with E-state index in [1.807, 2.05) is 13.8 Å². The van der Waals surface area contributed by atoms with Gasteiger partial charge in [0.2, 0.25) is 0 Å². The highest BCUT2D eigenvalue weighted by Gasteiger charge is 2.13. The largest absolute Gasteiger partial charge is 0.483 e. The van der Waals surface area contributed by atoms with Crippen LogP contribution in [0.2, 0.25) is 0 Å². The van der Waals surface area contributed by atoms with E-state index in [4.69, 9.17) is 4.74 Å². The minimum Gasteiger partial charge on any atom is -0.483 e. The van der Waals surface area contributed by atoms with Crippen LogP contribution >= 0.6 is 0 Å². The predicted molar refractivity (Wildman–Crippen MR) is 75.0 cm³/mol. The summed E-state index contributed by atoms with van der Waals surface area (Å²) in [6.07, 6.45) is 0.912. The second kappa shape index (κ2) is 7.85. The molecule has 0 spiro atoms. The molecule has 0 heterocycles. The summed E-state index contributed by atoms with van der Waals surface area (Å²) in [5, 5.41) is 12.4. The van der Waals surface area contributed by atoms with Gasteiger partial charge in [-0.15, -0.1) is 0 Å². The summed E-state index contributed by atoms with van der Waals surface area (Å²) in [6, 6.07) is 3.99. The van der Waals surface area contributed by atoms with E-state index >= 15 is 0 Å². The van der Waals surface area contributed by atoms with Crippen LogP contribution in [-0.2, 0) is 4.79 Å². The molecule has 1 aromatic rings. The van der Waals surface area contributed by atoms with Gasteiger partial charge < -0.3 is 15.2 Å². The molecule has 0 aliphatic carbocycles. The molecule has 4 nitrogen and oxygen atoms in total. The first-order chi connectivity index (χ1) is 9.47. The lowest BCUT2D eigenvalue weighted by Crippen LogP contribution is -2.37. The molecule has 2 N–H and O–H groups in total. The van der Waals surface area contributed by atoms with E-state index in [9.17, 15) is 14.3 Å². The molecule has 1 aromatic carbocycles. The van der Waals surface area contributed by atoms with Crippen LogP contribution in [0.1, 0.15) is 45.3 Å². The van der Waals surface area contributed by atoms with Gasteiger partial charge in [-0.25, -0.2) is 4.39 Å². The molecule has 0 fully saturated rings. The molecule has 0 aromatic heterocycles. The number of ether oxygens (including phenoxy) is 1. The smallest absolute Gasteiger partial charge is 0.258 e. The average molecular weight is 283 g/mol. The lowest BCUT2D eigenvalue weighted by atomic mass is 10.1. The Kier molecular flexibility index (Phi) is 6.45. The molecule has 0 radical (unpaired) electrons. The summed E-state index contributed by atoms with van der Waals surface area (Å²) in [6.45, 7) is 5.35. The number of rotatable bonds is 7. The number of carbonyl (C=O) groups excluding carboxylic acids is 1. The molecule has 0 aliphatic rings. The molecule has 0 aliphatic heterocycles. The Labute approximate surface area is 119 Å². The van der Waals surface area contributed by atoms with Crippen LogP contribution in [0, 0.1) is 5.82 Å². The van der Waals surface area contributed by atoms with Gasteiger partial charge in [0.25, 0.3) is 5.91 Å². The second-order valence-electron chi connectivity index (χ2n) is 4.73. The molecular weight excluding hydrogens is 261 g/mol. The van der Waals surface area contributed by atoms with Crippen molar-refractivity contribution >= 4 is 5.91 Å². The van der Waals surface area contributed by atoms with E-state index in [-0.39, 0.29) is 24.3 Å². The maximum absolute atomic E-state index is 13.2. The molecule has 5 heteroatoms. The van der Waals surface area contributed by atoms with Gasteiger partial charge in [-0.05, 0) is 31.9 Å². The molecule has 1 rings (SSSR count). The third-order valence-corrected chi connectivity index (χ3v) is 3.14. The van der Waals surface area contributed by atoms with Gasteiger partial charge in [-0.3, -0.25) is 4.79 Å². The van der Waals surface area contributed by atoms with Crippen LogP contribution in [-0.4, -0.2) is 23.7 Å². The highest BCUT2D eigenvalue weighted by atomic mass is 19.1. The third kappa shape index (κ3) is 4.81. The first-order valence-electron chi connectivity index (χ1n) is 6.87. The van der Waals surface area contributed by atoms with Crippen molar-refractivity contribution in [1.29, 1.82) is 0 Å². The molecule has 0 bridgehead atoms. The zero-order valence-corrected chi connectivity index (χ0v) is 12.1. The normalized spacial score (nSPS) is 12.3. The summed E-state index contributed by atoms with van der Waals surface area (Å²) in [5.74, 6) is -0.524. The van der Waals surface area contributed by atoms with Crippen LogP contribution in [0.5, 0.6) is 5.75 Å². The number of halogens is 1. The Morgan fingerprint density at radius 1 is 1.40 bits per heavy atom. The van der Waals surface area contributed by atoms with Gasteiger partial charge in [0, 0.05) is 17.7 Å². The lowest BCUT2D eigenvalue weighted by molar-refractivity contribution is -0.123. The standard InChI is InChI=1S/C15H22FNO3/c1-4-12(5-2)17-15(19)9-20-14-8-11(16)6-7-13(14)10(3)18/h6-8,10,12,18H,4-5,9H2,1-3H3,(H,17,19). The van der Waals surface area contributed by atoms with Crippen molar-refractivity contribution in [3.63, 3.8) is 0 Å². The van der Waals surface area contributed by atoms with Crippen LogP contribution in [0.4, 0.5) is 4.39 Å². The summed E-state index contributed by atoms with van der Waals surface area (Å²) >= 11 is 0. The molecule has 1 amide bonds. The Morgan fingerprint density at radius 2 is 2.05 bits per heavy atom. The number of amides is 1. The summed E-state index contributed by atoms with van der Waals surface area (Å²) in [5.41, 5.74) is 0.460. The maximum atomic E-state index is 13.2. The highest BCUT2D eigenvalue weighted by Crippen LogP contribution is 2.25. The van der Waals surface area contributed by atoms with Crippen molar-refractivity contribution in [2.45, 2.75) is 45.8 Å². The van der Waals surface area contributed by atoms with E-state index < -0.39 is 11.9 Å². The Morgan fingerprint density at radius 3 is 2.60 bits per heavy atom. The number of benzene rings is 1. The zero-order valence-electron chi connectivity index (χ0n) is 12.1. The van der Waals surface area contributed by atoms with Crippen molar-refractivity contribution in [1.82, 2.24) is 5.32 Å². The maximum Gasteiger partial charge on any atom is 0.258 e. The van der Waals surface area contributed by atoms with E-state index in [1.165, 1.54) is 18.2 Å². The van der Waals surface area contributed by atoms with Gasteiger partial charge in [0.1, 0.15) is 11.6 Å². The van der Waals surface area contributed by atoms with Crippen LogP contribution in [0.15, 0.2) is 18.2 Å². The first kappa shape index (κ1) is 16.4. The van der Waals surface area contributed by atoms with Crippen molar-refractivity contribution in [2.75, 3.05) is 6.61 Å². The van der Waals surface area contributed by atoms with Crippen LogP contribution in [0.25, 0.3) is 0 Å². The molecule has 0 saturated carbocycles. The van der Waals surface area contributed by atoms with Crippen LogP contribution in [0.3, 0.4) is 0 Å². The van der Waals surface area contributed by atoms with Gasteiger partial charge >= 0.3 is 0 Å². The fourth-order valence-corrected chi connectivity index (χ4v) is 1.88. The van der Waals surface area contributed by atoms with Crippen LogP contribution < -0.4 is 10.1 Å². The molecule has 1 atom stereocenters. The van der Waals surface area contributed by atoms with Crippen molar-refractivity contribution in [3.05, 3.63) is 29.6 Å². The lowest BCUT2D eigenvalue weighted by Gasteiger charge is -2.16. The van der Waals surface area contributed by atoms with E-state index in [1.54, 1.807) is 6.92 Å². The van der Waals surface area contributed by atoms with Crippen molar-refractivity contribution < 1.29 is 19.0 Å². The monoisotopic (exact) mass is 283 g/mol. The molecule has 112 valence electrons. The predicted octanol–water partition coefficient (Wildman–Crippen LogP) is 2.56. The van der Waals surface area contributed by atoms with Gasteiger partial charge in [0.15, 0.2) is 6.61 Å². The Bertz CT molecular complexity index is 445. The fraction of sp³-hybridized carbons (Fsp3) is 0.533. The molecular formula is C15H22FNO3. The number of hydrogen-bond donors (Lipinski definition) is 2. The minimum absolute atomic E-state index is 0.120. The average Bonchev–Trinajstić information content (AvgIpc) is 2.42. The third-order valence-electron chi connectivity index (χ3n) is 3.14. The summed E-state index contributed by atoms with van der Waals surface area (Å²) in [7, 11) is 0. The Balaban J connectivity index is 2.65. The SMILES string of the molecule is CCC(CC)NC(=O)COc1cc(F)ccc1C(C)O. The highest BCUT2D eigenvalue weighted by molar-refractivity contribution is 5.77. The van der Waals surface area contributed by atoms with Crippen molar-refractivity contribution in [2.24, 2.45) is 0 Å². The molecule has 20 heavy (non-hydrogen) atoms. The van der Waals surface area contributed by atoms with Gasteiger partial charge in [-0.1, -0.05) is 13.8 Å². The number of aliphatic hydroxyl groups is 1. The number of carbonyl (C=O) groups is 1. The first-order valence-corrected chi connectivity index (χ1v) is 6.87.